The quantitative estimate of drug-likeness (QED) is 0.526. The molecule has 0 fully saturated rings. The number of esters is 1. The van der Waals surface area contributed by atoms with Crippen LogP contribution in [0.4, 0.5) is 0 Å². The van der Waals surface area contributed by atoms with E-state index in [1.807, 2.05) is 49.4 Å². The van der Waals surface area contributed by atoms with E-state index in [0.29, 0.717) is 23.7 Å². The van der Waals surface area contributed by atoms with Crippen molar-refractivity contribution in [2.45, 2.75) is 6.92 Å². The first-order valence-corrected chi connectivity index (χ1v) is 7.21. The Bertz CT molecular complexity index is 803. The number of hydrogen-bond donors (Lipinski definition) is 0. The van der Waals surface area contributed by atoms with Crippen LogP contribution >= 0.6 is 0 Å². The maximum absolute atomic E-state index is 12.5. The molecular weight excluding hydrogens is 276 g/mol. The van der Waals surface area contributed by atoms with E-state index in [1.54, 1.807) is 24.3 Å². The fraction of sp³-hybridized carbons (Fsp3) is 0.105. The monoisotopic (exact) mass is 292 g/mol. The van der Waals surface area contributed by atoms with Crippen molar-refractivity contribution in [2.75, 3.05) is 6.61 Å². The molecule has 110 valence electrons. The van der Waals surface area contributed by atoms with Gasteiger partial charge in [-0.3, -0.25) is 0 Å². The fourth-order valence-corrected chi connectivity index (χ4v) is 2.36. The number of benzene rings is 3. The Balaban J connectivity index is 1.94. The van der Waals surface area contributed by atoms with Gasteiger partial charge in [0, 0.05) is 5.39 Å². The zero-order valence-corrected chi connectivity index (χ0v) is 12.3. The summed E-state index contributed by atoms with van der Waals surface area (Å²) in [6.07, 6.45) is 0. The van der Waals surface area contributed by atoms with Crippen molar-refractivity contribution in [3.05, 3.63) is 72.3 Å². The summed E-state index contributed by atoms with van der Waals surface area (Å²) >= 11 is 0. The molecule has 0 bridgehead atoms. The average molecular weight is 292 g/mol. The second-order valence-corrected chi connectivity index (χ2v) is 4.80. The van der Waals surface area contributed by atoms with Gasteiger partial charge in [0.05, 0.1) is 6.61 Å². The van der Waals surface area contributed by atoms with Crippen molar-refractivity contribution >= 4 is 16.7 Å². The molecule has 0 radical (unpaired) electrons. The van der Waals surface area contributed by atoms with E-state index in [0.717, 1.165) is 10.8 Å². The summed E-state index contributed by atoms with van der Waals surface area (Å²) in [6, 6.07) is 20.6. The number of hydrogen-bond acceptors (Lipinski definition) is 3. The number of rotatable bonds is 4. The molecule has 3 nitrogen and oxygen atoms in total. The van der Waals surface area contributed by atoms with Crippen LogP contribution < -0.4 is 9.47 Å². The lowest BCUT2D eigenvalue weighted by molar-refractivity contribution is 0.0733. The van der Waals surface area contributed by atoms with E-state index in [9.17, 15) is 4.79 Å². The molecule has 0 aromatic heterocycles. The summed E-state index contributed by atoms with van der Waals surface area (Å²) in [5.74, 6) is 0.671. The molecule has 0 N–H and O–H groups in total. The Morgan fingerprint density at radius 1 is 0.864 bits per heavy atom. The molecule has 0 spiro atoms. The molecule has 0 saturated carbocycles. The molecule has 3 heteroatoms. The van der Waals surface area contributed by atoms with E-state index in [-0.39, 0.29) is 0 Å². The largest absolute Gasteiger partial charge is 0.493 e. The standard InChI is InChI=1S/C19H16O3/c1-2-21-17-12-6-5-11-16(17)19(20)22-18-13-7-9-14-8-3-4-10-15(14)18/h3-13H,2H2,1H3. The molecule has 3 rings (SSSR count). The van der Waals surface area contributed by atoms with Crippen molar-refractivity contribution in [3.63, 3.8) is 0 Å². The molecule has 0 aliphatic rings. The van der Waals surface area contributed by atoms with Crippen LogP contribution in [0.15, 0.2) is 66.7 Å². The lowest BCUT2D eigenvalue weighted by Gasteiger charge is -2.11. The van der Waals surface area contributed by atoms with Crippen LogP contribution in [0.2, 0.25) is 0 Å². The van der Waals surface area contributed by atoms with Gasteiger partial charge in [0.2, 0.25) is 0 Å². The Kier molecular flexibility index (Phi) is 4.05. The van der Waals surface area contributed by atoms with Gasteiger partial charge in [-0.15, -0.1) is 0 Å². The van der Waals surface area contributed by atoms with Crippen LogP contribution in [0.3, 0.4) is 0 Å². The van der Waals surface area contributed by atoms with E-state index in [2.05, 4.69) is 0 Å². The molecule has 0 atom stereocenters. The minimum absolute atomic E-state index is 0.416. The summed E-state index contributed by atoms with van der Waals surface area (Å²) in [4.78, 5) is 12.5. The van der Waals surface area contributed by atoms with Gasteiger partial charge in [0.15, 0.2) is 0 Å². The van der Waals surface area contributed by atoms with Crippen molar-refractivity contribution < 1.29 is 14.3 Å². The number of para-hydroxylation sites is 1. The zero-order chi connectivity index (χ0) is 15.4. The van der Waals surface area contributed by atoms with Crippen molar-refractivity contribution in [1.29, 1.82) is 0 Å². The molecular formula is C19H16O3. The molecule has 0 heterocycles. The van der Waals surface area contributed by atoms with E-state index in [4.69, 9.17) is 9.47 Å². The normalized spacial score (nSPS) is 10.4. The predicted octanol–water partition coefficient (Wildman–Crippen LogP) is 4.46. The predicted molar refractivity (Wildman–Crippen MR) is 86.5 cm³/mol. The van der Waals surface area contributed by atoms with Crippen molar-refractivity contribution in [1.82, 2.24) is 0 Å². The van der Waals surface area contributed by atoms with E-state index < -0.39 is 5.97 Å². The van der Waals surface area contributed by atoms with Gasteiger partial charge in [-0.05, 0) is 30.5 Å². The highest BCUT2D eigenvalue weighted by Gasteiger charge is 2.15. The number of fused-ring (bicyclic) bond motifs is 1. The van der Waals surface area contributed by atoms with Crippen LogP contribution in [0.5, 0.6) is 11.5 Å². The summed E-state index contributed by atoms with van der Waals surface area (Å²) in [6.45, 7) is 2.38. The van der Waals surface area contributed by atoms with Crippen LogP contribution in [-0.2, 0) is 0 Å². The van der Waals surface area contributed by atoms with Crippen molar-refractivity contribution in [3.8, 4) is 11.5 Å². The average Bonchev–Trinajstić information content (AvgIpc) is 2.56. The van der Waals surface area contributed by atoms with Gasteiger partial charge >= 0.3 is 5.97 Å². The van der Waals surface area contributed by atoms with Crippen LogP contribution in [-0.4, -0.2) is 12.6 Å². The Morgan fingerprint density at radius 2 is 1.55 bits per heavy atom. The van der Waals surface area contributed by atoms with Crippen LogP contribution in [0, 0.1) is 0 Å². The lowest BCUT2D eigenvalue weighted by atomic mass is 10.1. The third-order valence-corrected chi connectivity index (χ3v) is 3.36. The van der Waals surface area contributed by atoms with E-state index in [1.165, 1.54) is 0 Å². The first-order chi connectivity index (χ1) is 10.8. The fourth-order valence-electron chi connectivity index (χ4n) is 2.36. The molecule has 0 saturated heterocycles. The van der Waals surface area contributed by atoms with Gasteiger partial charge < -0.3 is 9.47 Å². The third-order valence-electron chi connectivity index (χ3n) is 3.36. The van der Waals surface area contributed by atoms with Crippen molar-refractivity contribution in [2.24, 2.45) is 0 Å². The second kappa shape index (κ2) is 6.31. The Labute approximate surface area is 129 Å². The number of carbonyl (C=O) groups excluding carboxylic acids is 1. The highest BCUT2D eigenvalue weighted by molar-refractivity contribution is 5.97. The number of carbonyl (C=O) groups is 1. The highest BCUT2D eigenvalue weighted by atomic mass is 16.5. The van der Waals surface area contributed by atoms with Gasteiger partial charge in [0.1, 0.15) is 17.1 Å². The molecule has 3 aromatic rings. The molecule has 0 aliphatic carbocycles. The minimum Gasteiger partial charge on any atom is -0.493 e. The third kappa shape index (κ3) is 2.79. The molecule has 3 aromatic carbocycles. The minimum atomic E-state index is -0.416. The smallest absolute Gasteiger partial charge is 0.347 e. The molecule has 22 heavy (non-hydrogen) atoms. The summed E-state index contributed by atoms with van der Waals surface area (Å²) in [5.41, 5.74) is 0.428. The maximum Gasteiger partial charge on any atom is 0.347 e. The highest BCUT2D eigenvalue weighted by Crippen LogP contribution is 2.27. The van der Waals surface area contributed by atoms with Gasteiger partial charge in [0.25, 0.3) is 0 Å². The topological polar surface area (TPSA) is 35.5 Å². The molecule has 0 unspecified atom stereocenters. The Hall–Kier alpha value is -2.81. The first kappa shape index (κ1) is 14.1. The second-order valence-electron chi connectivity index (χ2n) is 4.80. The maximum atomic E-state index is 12.5. The number of ether oxygens (including phenoxy) is 2. The summed E-state index contributed by atoms with van der Waals surface area (Å²) in [5, 5.41) is 1.94. The van der Waals surface area contributed by atoms with Gasteiger partial charge in [-0.1, -0.05) is 48.5 Å². The summed E-state index contributed by atoms with van der Waals surface area (Å²) < 4.78 is 11.1. The zero-order valence-electron chi connectivity index (χ0n) is 12.3. The SMILES string of the molecule is CCOc1ccccc1C(=O)Oc1cccc2ccccc12. The van der Waals surface area contributed by atoms with Crippen LogP contribution in [0.1, 0.15) is 17.3 Å². The Morgan fingerprint density at radius 3 is 2.41 bits per heavy atom. The first-order valence-electron chi connectivity index (χ1n) is 7.21. The molecule has 0 amide bonds. The van der Waals surface area contributed by atoms with E-state index >= 15 is 0 Å². The lowest BCUT2D eigenvalue weighted by Crippen LogP contribution is -2.11. The van der Waals surface area contributed by atoms with Crippen LogP contribution in [0.25, 0.3) is 10.8 Å². The summed E-state index contributed by atoms with van der Waals surface area (Å²) in [7, 11) is 0. The van der Waals surface area contributed by atoms with Gasteiger partial charge in [-0.2, -0.15) is 0 Å². The van der Waals surface area contributed by atoms with Gasteiger partial charge in [-0.25, -0.2) is 4.79 Å². The molecule has 0 aliphatic heterocycles.